The van der Waals surface area contributed by atoms with Gasteiger partial charge in [0.05, 0.1) is 7.11 Å². The predicted octanol–water partition coefficient (Wildman–Crippen LogP) is 4.93. The smallest absolute Gasteiger partial charge is 0.137 e. The molecular weight excluding hydrogens is 316 g/mol. The first-order chi connectivity index (χ1) is 9.69. The summed E-state index contributed by atoms with van der Waals surface area (Å²) in [7, 11) is 1.66. The maximum atomic E-state index is 12.3. The number of Topliss-reactive ketones (excluding diaryl/α,β-unsaturated/α-hetero) is 1. The lowest BCUT2D eigenvalue weighted by Gasteiger charge is -2.14. The predicted molar refractivity (Wildman–Crippen MR) is 85.2 cm³/mol. The normalized spacial score (nSPS) is 16.7. The second kappa shape index (κ2) is 7.82. The Morgan fingerprint density at radius 3 is 2.60 bits per heavy atom. The zero-order valence-electron chi connectivity index (χ0n) is 12.2. The van der Waals surface area contributed by atoms with E-state index in [1.54, 1.807) is 7.11 Å². The van der Waals surface area contributed by atoms with Gasteiger partial charge in [-0.1, -0.05) is 54.5 Å². The summed E-state index contributed by atoms with van der Waals surface area (Å²) in [5, 5.41) is 0. The number of rotatable bonds is 5. The van der Waals surface area contributed by atoms with Gasteiger partial charge in [0.25, 0.3) is 0 Å². The second-order valence-corrected chi connectivity index (χ2v) is 6.65. The van der Waals surface area contributed by atoms with Crippen LogP contribution in [0.3, 0.4) is 0 Å². The lowest BCUT2D eigenvalue weighted by molar-refractivity contribution is -0.119. The number of hydrogen-bond acceptors (Lipinski definition) is 2. The second-order valence-electron chi connectivity index (χ2n) is 5.73. The summed E-state index contributed by atoms with van der Waals surface area (Å²) in [4.78, 5) is 12.3. The van der Waals surface area contributed by atoms with E-state index < -0.39 is 0 Å². The fraction of sp³-hybridized carbons (Fsp3) is 0.588. The van der Waals surface area contributed by atoms with Crippen LogP contribution in [0.15, 0.2) is 22.7 Å². The van der Waals surface area contributed by atoms with Crippen molar-refractivity contribution in [2.45, 2.75) is 51.4 Å². The van der Waals surface area contributed by atoms with Gasteiger partial charge in [0.2, 0.25) is 0 Å². The van der Waals surface area contributed by atoms with E-state index in [0.29, 0.717) is 18.1 Å². The standard InChI is InChI=1S/C17H23BrO2/c1-20-17-9-8-15(18)11-14(17)12-16(19)10-13-6-4-2-3-5-7-13/h8-9,11,13H,2-7,10,12H2,1H3. The molecule has 3 heteroatoms. The highest BCUT2D eigenvalue weighted by molar-refractivity contribution is 9.10. The molecule has 0 N–H and O–H groups in total. The van der Waals surface area contributed by atoms with Crippen LogP contribution >= 0.6 is 15.9 Å². The number of carbonyl (C=O) groups excluding carboxylic acids is 1. The summed E-state index contributed by atoms with van der Waals surface area (Å²) >= 11 is 3.46. The van der Waals surface area contributed by atoms with E-state index in [1.165, 1.54) is 38.5 Å². The third kappa shape index (κ3) is 4.62. The molecular formula is C17H23BrO2. The Labute approximate surface area is 130 Å². The van der Waals surface area contributed by atoms with Crippen LogP contribution in [0.1, 0.15) is 50.5 Å². The number of ether oxygens (including phenoxy) is 1. The van der Waals surface area contributed by atoms with Crippen molar-refractivity contribution in [3.8, 4) is 5.75 Å². The lowest BCUT2D eigenvalue weighted by atomic mass is 9.92. The number of ketones is 1. The molecule has 0 bridgehead atoms. The Kier molecular flexibility index (Phi) is 6.08. The highest BCUT2D eigenvalue weighted by Crippen LogP contribution is 2.28. The van der Waals surface area contributed by atoms with Gasteiger partial charge >= 0.3 is 0 Å². The third-order valence-corrected chi connectivity index (χ3v) is 4.61. The Bertz CT molecular complexity index is 448. The van der Waals surface area contributed by atoms with Crippen LogP contribution in [-0.4, -0.2) is 12.9 Å². The Balaban J connectivity index is 1.95. The van der Waals surface area contributed by atoms with Crippen LogP contribution in [-0.2, 0) is 11.2 Å². The summed E-state index contributed by atoms with van der Waals surface area (Å²) in [5.74, 6) is 1.75. The summed E-state index contributed by atoms with van der Waals surface area (Å²) < 4.78 is 6.33. The minimum absolute atomic E-state index is 0.341. The van der Waals surface area contributed by atoms with Crippen molar-refractivity contribution in [3.05, 3.63) is 28.2 Å². The molecule has 1 aliphatic rings. The quantitative estimate of drug-likeness (QED) is 0.711. The molecule has 0 aromatic heterocycles. The maximum absolute atomic E-state index is 12.3. The van der Waals surface area contributed by atoms with Gasteiger partial charge in [0.1, 0.15) is 11.5 Å². The van der Waals surface area contributed by atoms with Crippen LogP contribution in [0.2, 0.25) is 0 Å². The first-order valence-electron chi connectivity index (χ1n) is 7.53. The van der Waals surface area contributed by atoms with E-state index in [9.17, 15) is 4.79 Å². The molecule has 0 unspecified atom stereocenters. The highest BCUT2D eigenvalue weighted by Gasteiger charge is 2.17. The Morgan fingerprint density at radius 2 is 1.95 bits per heavy atom. The molecule has 0 spiro atoms. The Morgan fingerprint density at radius 1 is 1.25 bits per heavy atom. The number of hydrogen-bond donors (Lipinski definition) is 0. The van der Waals surface area contributed by atoms with E-state index >= 15 is 0 Å². The largest absolute Gasteiger partial charge is 0.496 e. The average molecular weight is 339 g/mol. The fourth-order valence-electron chi connectivity index (χ4n) is 3.06. The summed E-state index contributed by atoms with van der Waals surface area (Å²) in [6, 6.07) is 5.85. The number of carbonyl (C=O) groups is 1. The van der Waals surface area contributed by atoms with Crippen molar-refractivity contribution in [2.75, 3.05) is 7.11 Å². The van der Waals surface area contributed by atoms with Gasteiger partial charge in [-0.05, 0) is 24.1 Å². The molecule has 0 amide bonds. The van der Waals surface area contributed by atoms with Gasteiger partial charge in [-0.3, -0.25) is 4.79 Å². The fourth-order valence-corrected chi connectivity index (χ4v) is 3.47. The topological polar surface area (TPSA) is 26.3 Å². The molecule has 1 saturated carbocycles. The number of halogens is 1. The number of benzene rings is 1. The molecule has 0 saturated heterocycles. The van der Waals surface area contributed by atoms with Crippen LogP contribution in [0, 0.1) is 5.92 Å². The molecule has 1 aliphatic carbocycles. The molecule has 110 valence electrons. The van der Waals surface area contributed by atoms with Gasteiger partial charge in [-0.2, -0.15) is 0 Å². The van der Waals surface area contributed by atoms with E-state index in [-0.39, 0.29) is 0 Å². The summed E-state index contributed by atoms with van der Waals surface area (Å²) in [5.41, 5.74) is 0.987. The third-order valence-electron chi connectivity index (χ3n) is 4.12. The van der Waals surface area contributed by atoms with Gasteiger partial charge in [0.15, 0.2) is 0 Å². The van der Waals surface area contributed by atoms with Crippen molar-refractivity contribution in [3.63, 3.8) is 0 Å². The van der Waals surface area contributed by atoms with Crippen molar-refractivity contribution >= 4 is 21.7 Å². The van der Waals surface area contributed by atoms with Gasteiger partial charge in [-0.25, -0.2) is 0 Å². The van der Waals surface area contributed by atoms with Crippen molar-refractivity contribution in [1.29, 1.82) is 0 Å². The molecule has 0 aliphatic heterocycles. The Hall–Kier alpha value is -0.830. The average Bonchev–Trinajstić information content (AvgIpc) is 2.67. The molecule has 2 nitrogen and oxygen atoms in total. The molecule has 1 aromatic rings. The molecule has 0 heterocycles. The minimum Gasteiger partial charge on any atom is -0.496 e. The SMILES string of the molecule is COc1ccc(Br)cc1CC(=O)CC1CCCCCC1. The summed E-state index contributed by atoms with van der Waals surface area (Å²) in [6.45, 7) is 0. The van der Waals surface area contributed by atoms with Gasteiger partial charge in [0, 0.05) is 22.9 Å². The van der Waals surface area contributed by atoms with Crippen LogP contribution in [0.4, 0.5) is 0 Å². The lowest BCUT2D eigenvalue weighted by Crippen LogP contribution is -2.11. The molecule has 1 fully saturated rings. The highest BCUT2D eigenvalue weighted by atomic mass is 79.9. The number of methoxy groups -OCH3 is 1. The van der Waals surface area contributed by atoms with E-state index in [0.717, 1.165) is 22.2 Å². The molecule has 0 radical (unpaired) electrons. The zero-order valence-corrected chi connectivity index (χ0v) is 13.7. The molecule has 20 heavy (non-hydrogen) atoms. The van der Waals surface area contributed by atoms with Gasteiger partial charge in [-0.15, -0.1) is 0 Å². The van der Waals surface area contributed by atoms with Crippen LogP contribution in [0.5, 0.6) is 5.75 Å². The molecule has 0 atom stereocenters. The van der Waals surface area contributed by atoms with Crippen molar-refractivity contribution < 1.29 is 9.53 Å². The summed E-state index contributed by atoms with van der Waals surface area (Å²) in [6.07, 6.45) is 8.92. The van der Waals surface area contributed by atoms with Crippen molar-refractivity contribution in [2.24, 2.45) is 5.92 Å². The van der Waals surface area contributed by atoms with Crippen LogP contribution < -0.4 is 4.74 Å². The maximum Gasteiger partial charge on any atom is 0.137 e. The first-order valence-corrected chi connectivity index (χ1v) is 8.32. The van der Waals surface area contributed by atoms with E-state index in [1.807, 2.05) is 18.2 Å². The van der Waals surface area contributed by atoms with Gasteiger partial charge < -0.3 is 4.74 Å². The zero-order chi connectivity index (χ0) is 14.4. The van der Waals surface area contributed by atoms with E-state index in [2.05, 4.69) is 15.9 Å². The monoisotopic (exact) mass is 338 g/mol. The molecule has 2 rings (SSSR count). The minimum atomic E-state index is 0.341. The van der Waals surface area contributed by atoms with E-state index in [4.69, 9.17) is 4.74 Å². The molecule has 1 aromatic carbocycles. The van der Waals surface area contributed by atoms with Crippen molar-refractivity contribution in [1.82, 2.24) is 0 Å². The first kappa shape index (κ1) is 15.6. The van der Waals surface area contributed by atoms with Crippen LogP contribution in [0.25, 0.3) is 0 Å².